The highest BCUT2D eigenvalue weighted by molar-refractivity contribution is 7.89. The number of ether oxygens (including phenoxy) is 2. The van der Waals surface area contributed by atoms with E-state index in [0.29, 0.717) is 36.0 Å². The maximum atomic E-state index is 13.5. The van der Waals surface area contributed by atoms with Crippen molar-refractivity contribution in [3.05, 3.63) is 52.5 Å². The molecule has 5 nitrogen and oxygen atoms in total. The van der Waals surface area contributed by atoms with Crippen molar-refractivity contribution in [2.24, 2.45) is 0 Å². The Morgan fingerprint density at radius 2 is 1.83 bits per heavy atom. The van der Waals surface area contributed by atoms with Gasteiger partial charge in [0.2, 0.25) is 10.0 Å². The van der Waals surface area contributed by atoms with Gasteiger partial charge in [-0.05, 0) is 37.1 Å². The summed E-state index contributed by atoms with van der Waals surface area (Å²) in [6.07, 6.45) is -3.90. The third-order valence-electron chi connectivity index (χ3n) is 4.84. The molecule has 0 bridgehead atoms. The van der Waals surface area contributed by atoms with Gasteiger partial charge in [0.25, 0.3) is 0 Å². The van der Waals surface area contributed by atoms with E-state index in [9.17, 15) is 21.6 Å². The third-order valence-corrected chi connectivity index (χ3v) is 7.04. The van der Waals surface area contributed by atoms with Gasteiger partial charge in [0, 0.05) is 23.2 Å². The van der Waals surface area contributed by atoms with E-state index in [0.717, 1.165) is 16.4 Å². The lowest BCUT2D eigenvalue weighted by atomic mass is 10.0. The van der Waals surface area contributed by atoms with Crippen LogP contribution in [-0.2, 0) is 16.2 Å². The minimum absolute atomic E-state index is 0.0993. The smallest absolute Gasteiger partial charge is 0.417 e. The summed E-state index contributed by atoms with van der Waals surface area (Å²) in [6.45, 7) is 0.0993. The number of sulfonamides is 1. The molecule has 0 amide bonds. The first-order valence-electron chi connectivity index (χ1n) is 8.70. The molecule has 0 spiro atoms. The summed E-state index contributed by atoms with van der Waals surface area (Å²) in [5.41, 5.74) is -0.714. The molecular weight excluding hydrogens is 431 g/mol. The number of hydrogen-bond donors (Lipinski definition) is 0. The van der Waals surface area contributed by atoms with Crippen molar-refractivity contribution in [1.29, 1.82) is 0 Å². The zero-order valence-electron chi connectivity index (χ0n) is 15.7. The molecule has 1 fully saturated rings. The standard InChI is InChI=1S/C19H19ClF3NO4S/c1-27-13-6-7-14(17(11-13)28-2)16-4-3-9-24(16)29(25,26)18-8-5-12(20)10-15(18)19(21,22)23/h5-8,10-11,16H,3-4,9H2,1-2H3/t16-/m0/s1. The second-order valence-electron chi connectivity index (χ2n) is 6.52. The summed E-state index contributed by atoms with van der Waals surface area (Å²) in [4.78, 5) is -0.811. The van der Waals surface area contributed by atoms with Gasteiger partial charge in [0.15, 0.2) is 0 Å². The summed E-state index contributed by atoms with van der Waals surface area (Å²) in [5.74, 6) is 0.929. The molecule has 1 aliphatic rings. The van der Waals surface area contributed by atoms with Gasteiger partial charge in [-0.3, -0.25) is 0 Å². The van der Waals surface area contributed by atoms with E-state index in [1.165, 1.54) is 14.2 Å². The maximum Gasteiger partial charge on any atom is 0.417 e. The molecule has 0 aliphatic carbocycles. The fourth-order valence-corrected chi connectivity index (χ4v) is 5.55. The molecule has 1 heterocycles. The number of alkyl halides is 3. The number of nitrogens with zero attached hydrogens (tertiary/aromatic N) is 1. The number of halogens is 4. The van der Waals surface area contributed by atoms with Crippen molar-refractivity contribution in [3.8, 4) is 11.5 Å². The molecule has 0 aromatic heterocycles. The Kier molecular flexibility index (Phi) is 6.03. The van der Waals surface area contributed by atoms with Crippen LogP contribution in [0.3, 0.4) is 0 Å². The largest absolute Gasteiger partial charge is 0.497 e. The van der Waals surface area contributed by atoms with Crippen LogP contribution in [-0.4, -0.2) is 33.5 Å². The molecule has 1 saturated heterocycles. The van der Waals surface area contributed by atoms with Gasteiger partial charge in [0.05, 0.1) is 30.7 Å². The van der Waals surface area contributed by atoms with Crippen LogP contribution in [0.5, 0.6) is 11.5 Å². The molecule has 0 N–H and O–H groups in total. The highest BCUT2D eigenvalue weighted by Gasteiger charge is 2.43. The second kappa shape index (κ2) is 8.04. The summed E-state index contributed by atoms with van der Waals surface area (Å²) < 4.78 is 78.6. The zero-order chi connectivity index (χ0) is 21.4. The Balaban J connectivity index is 2.09. The Morgan fingerprint density at radius 1 is 1.10 bits per heavy atom. The minimum Gasteiger partial charge on any atom is -0.497 e. The molecule has 0 unspecified atom stereocenters. The second-order valence-corrected chi connectivity index (χ2v) is 8.82. The van der Waals surface area contributed by atoms with Gasteiger partial charge in [-0.15, -0.1) is 0 Å². The lowest BCUT2D eigenvalue weighted by Gasteiger charge is -2.27. The van der Waals surface area contributed by atoms with Gasteiger partial charge < -0.3 is 9.47 Å². The summed E-state index contributed by atoms with van der Waals surface area (Å²) >= 11 is 5.69. The van der Waals surface area contributed by atoms with Crippen molar-refractivity contribution in [1.82, 2.24) is 4.31 Å². The van der Waals surface area contributed by atoms with Crippen molar-refractivity contribution in [2.45, 2.75) is 30.0 Å². The Bertz CT molecular complexity index is 1010. The monoisotopic (exact) mass is 449 g/mol. The van der Waals surface area contributed by atoms with Gasteiger partial charge in [-0.25, -0.2) is 8.42 Å². The molecule has 10 heteroatoms. The number of rotatable bonds is 5. The van der Waals surface area contributed by atoms with Crippen molar-refractivity contribution in [3.63, 3.8) is 0 Å². The Morgan fingerprint density at radius 3 is 2.45 bits per heavy atom. The van der Waals surface area contributed by atoms with E-state index in [2.05, 4.69) is 0 Å². The fraction of sp³-hybridized carbons (Fsp3) is 0.368. The third kappa shape index (κ3) is 4.17. The highest BCUT2D eigenvalue weighted by Crippen LogP contribution is 2.44. The van der Waals surface area contributed by atoms with Crippen LogP contribution < -0.4 is 9.47 Å². The number of hydrogen-bond acceptors (Lipinski definition) is 4. The van der Waals surface area contributed by atoms with E-state index in [1.54, 1.807) is 18.2 Å². The van der Waals surface area contributed by atoms with Crippen LogP contribution in [0.1, 0.15) is 30.0 Å². The topological polar surface area (TPSA) is 55.8 Å². The Labute approximate surface area is 172 Å². The quantitative estimate of drug-likeness (QED) is 0.651. The molecular formula is C19H19ClF3NO4S. The number of methoxy groups -OCH3 is 2. The van der Waals surface area contributed by atoms with E-state index in [-0.39, 0.29) is 11.6 Å². The lowest BCUT2D eigenvalue weighted by molar-refractivity contribution is -0.139. The average Bonchev–Trinajstić information content (AvgIpc) is 3.17. The molecule has 3 rings (SSSR count). The zero-order valence-corrected chi connectivity index (χ0v) is 17.2. The summed E-state index contributed by atoms with van der Waals surface area (Å²) in [6, 6.07) is 6.96. The molecule has 29 heavy (non-hydrogen) atoms. The van der Waals surface area contributed by atoms with Crippen molar-refractivity contribution >= 4 is 21.6 Å². The van der Waals surface area contributed by atoms with Gasteiger partial charge >= 0.3 is 6.18 Å². The van der Waals surface area contributed by atoms with Crippen LogP contribution in [0.4, 0.5) is 13.2 Å². The summed E-state index contributed by atoms with van der Waals surface area (Å²) in [5, 5.41) is -0.189. The highest BCUT2D eigenvalue weighted by atomic mass is 35.5. The molecule has 158 valence electrons. The predicted molar refractivity (Wildman–Crippen MR) is 102 cm³/mol. The van der Waals surface area contributed by atoms with E-state index in [4.69, 9.17) is 21.1 Å². The van der Waals surface area contributed by atoms with Gasteiger partial charge in [-0.2, -0.15) is 17.5 Å². The SMILES string of the molecule is COc1ccc([C@@H]2CCCN2S(=O)(=O)c2ccc(Cl)cc2C(F)(F)F)c(OC)c1. The summed E-state index contributed by atoms with van der Waals surface area (Å²) in [7, 11) is -1.52. The van der Waals surface area contributed by atoms with E-state index < -0.39 is 32.7 Å². The molecule has 0 saturated carbocycles. The van der Waals surface area contributed by atoms with Crippen LogP contribution in [0.25, 0.3) is 0 Å². The fourth-order valence-electron chi connectivity index (χ4n) is 3.51. The van der Waals surface area contributed by atoms with Crippen LogP contribution in [0, 0.1) is 0 Å². The van der Waals surface area contributed by atoms with E-state index in [1.807, 2.05) is 0 Å². The first-order valence-corrected chi connectivity index (χ1v) is 10.5. The molecule has 2 aromatic rings. The molecule has 1 atom stereocenters. The first kappa shape index (κ1) is 21.7. The van der Waals surface area contributed by atoms with Gasteiger partial charge in [-0.1, -0.05) is 17.7 Å². The average molecular weight is 450 g/mol. The first-order chi connectivity index (χ1) is 13.6. The molecule has 2 aromatic carbocycles. The van der Waals surface area contributed by atoms with Crippen molar-refractivity contribution < 1.29 is 31.1 Å². The van der Waals surface area contributed by atoms with Gasteiger partial charge in [0.1, 0.15) is 11.5 Å². The van der Waals surface area contributed by atoms with Crippen LogP contribution in [0.2, 0.25) is 5.02 Å². The van der Waals surface area contributed by atoms with Crippen LogP contribution in [0.15, 0.2) is 41.3 Å². The van der Waals surface area contributed by atoms with Crippen molar-refractivity contribution in [2.75, 3.05) is 20.8 Å². The van der Waals surface area contributed by atoms with Crippen LogP contribution >= 0.6 is 11.6 Å². The normalized spacial score (nSPS) is 18.1. The predicted octanol–water partition coefficient (Wildman–Crippen LogP) is 4.90. The van der Waals surface area contributed by atoms with E-state index >= 15 is 0 Å². The molecule has 1 aliphatic heterocycles. The molecule has 0 radical (unpaired) electrons. The Hall–Kier alpha value is -1.97. The lowest BCUT2D eigenvalue weighted by Crippen LogP contribution is -2.32. The maximum absolute atomic E-state index is 13.5. The number of benzene rings is 2. The minimum atomic E-state index is -4.86.